The number of benzene rings is 1. The standard InChI is InChI=1S/C22H23N5O2/c28-21-8-3-13-27(21)14-4-12-24-22(29)19-6-1-7-20(26-19)25-17-9-10-18-16(15-17)5-2-11-23-18/h1-2,5-7,9-11,15H,3-4,8,12-14H2,(H,24,29)(H,25,26). The van der Waals surface area contributed by atoms with Gasteiger partial charge in [-0.25, -0.2) is 4.98 Å². The van der Waals surface area contributed by atoms with E-state index >= 15 is 0 Å². The monoisotopic (exact) mass is 389 g/mol. The van der Waals surface area contributed by atoms with Crippen LogP contribution in [0.1, 0.15) is 29.8 Å². The summed E-state index contributed by atoms with van der Waals surface area (Å²) in [7, 11) is 0. The highest BCUT2D eigenvalue weighted by molar-refractivity contribution is 5.92. The Hall–Kier alpha value is -3.48. The summed E-state index contributed by atoms with van der Waals surface area (Å²) >= 11 is 0. The molecule has 2 amide bonds. The van der Waals surface area contributed by atoms with E-state index in [0.29, 0.717) is 31.0 Å². The maximum absolute atomic E-state index is 12.4. The number of anilines is 2. The van der Waals surface area contributed by atoms with Crippen molar-refractivity contribution in [2.24, 2.45) is 0 Å². The van der Waals surface area contributed by atoms with Gasteiger partial charge in [0.05, 0.1) is 5.52 Å². The molecule has 7 heteroatoms. The second kappa shape index (κ2) is 8.68. The minimum Gasteiger partial charge on any atom is -0.351 e. The third-order valence-electron chi connectivity index (χ3n) is 4.92. The van der Waals surface area contributed by atoms with Gasteiger partial charge in [0.15, 0.2) is 0 Å². The highest BCUT2D eigenvalue weighted by atomic mass is 16.2. The van der Waals surface area contributed by atoms with Gasteiger partial charge in [0.2, 0.25) is 5.91 Å². The molecular formula is C22H23N5O2. The van der Waals surface area contributed by atoms with Gasteiger partial charge in [-0.3, -0.25) is 14.6 Å². The van der Waals surface area contributed by atoms with Crippen molar-refractivity contribution in [3.05, 3.63) is 60.4 Å². The van der Waals surface area contributed by atoms with Crippen LogP contribution in [0.3, 0.4) is 0 Å². The van der Waals surface area contributed by atoms with E-state index in [9.17, 15) is 9.59 Å². The molecule has 0 atom stereocenters. The van der Waals surface area contributed by atoms with Crippen LogP contribution in [0, 0.1) is 0 Å². The molecule has 0 unspecified atom stereocenters. The van der Waals surface area contributed by atoms with E-state index in [2.05, 4.69) is 20.6 Å². The summed E-state index contributed by atoms with van der Waals surface area (Å²) in [4.78, 5) is 34.6. The first-order valence-electron chi connectivity index (χ1n) is 9.84. The summed E-state index contributed by atoms with van der Waals surface area (Å²) in [5, 5.41) is 7.15. The van der Waals surface area contributed by atoms with Crippen LogP contribution in [0.4, 0.5) is 11.5 Å². The Morgan fingerprint density at radius 2 is 2.07 bits per heavy atom. The van der Waals surface area contributed by atoms with E-state index in [1.54, 1.807) is 18.3 Å². The van der Waals surface area contributed by atoms with Crippen molar-refractivity contribution in [1.82, 2.24) is 20.2 Å². The number of carbonyl (C=O) groups is 2. The van der Waals surface area contributed by atoms with Gasteiger partial charge in [-0.2, -0.15) is 0 Å². The van der Waals surface area contributed by atoms with Crippen molar-refractivity contribution in [2.75, 3.05) is 25.0 Å². The number of aromatic nitrogens is 2. The van der Waals surface area contributed by atoms with Crippen molar-refractivity contribution in [3.8, 4) is 0 Å². The molecule has 1 aliphatic rings. The van der Waals surface area contributed by atoms with E-state index in [-0.39, 0.29) is 11.8 Å². The number of likely N-dealkylation sites (tertiary alicyclic amines) is 1. The van der Waals surface area contributed by atoms with Gasteiger partial charge in [-0.05, 0) is 49.2 Å². The molecule has 7 nitrogen and oxygen atoms in total. The molecular weight excluding hydrogens is 366 g/mol. The molecule has 3 heterocycles. The molecule has 1 aliphatic heterocycles. The van der Waals surface area contributed by atoms with Crippen LogP contribution >= 0.6 is 0 Å². The van der Waals surface area contributed by atoms with Crippen LogP contribution in [-0.2, 0) is 4.79 Å². The highest BCUT2D eigenvalue weighted by Crippen LogP contribution is 2.20. The third-order valence-corrected chi connectivity index (χ3v) is 4.92. The van der Waals surface area contributed by atoms with Gasteiger partial charge < -0.3 is 15.5 Å². The van der Waals surface area contributed by atoms with Gasteiger partial charge in [0, 0.05) is 43.3 Å². The first-order chi connectivity index (χ1) is 14.2. The number of pyridine rings is 2. The highest BCUT2D eigenvalue weighted by Gasteiger charge is 2.19. The largest absolute Gasteiger partial charge is 0.351 e. The molecule has 29 heavy (non-hydrogen) atoms. The van der Waals surface area contributed by atoms with Crippen molar-refractivity contribution in [3.63, 3.8) is 0 Å². The molecule has 4 rings (SSSR count). The Bertz CT molecular complexity index is 1040. The maximum Gasteiger partial charge on any atom is 0.269 e. The van der Waals surface area contributed by atoms with Crippen molar-refractivity contribution >= 4 is 34.2 Å². The van der Waals surface area contributed by atoms with E-state index in [4.69, 9.17) is 0 Å². The number of carbonyl (C=O) groups excluding carboxylic acids is 2. The molecule has 0 radical (unpaired) electrons. The Morgan fingerprint density at radius 3 is 2.93 bits per heavy atom. The van der Waals surface area contributed by atoms with Crippen LogP contribution < -0.4 is 10.6 Å². The van der Waals surface area contributed by atoms with Crippen molar-refractivity contribution in [2.45, 2.75) is 19.3 Å². The molecule has 1 aromatic carbocycles. The lowest BCUT2D eigenvalue weighted by Gasteiger charge is -2.15. The van der Waals surface area contributed by atoms with Gasteiger partial charge in [-0.15, -0.1) is 0 Å². The fourth-order valence-electron chi connectivity index (χ4n) is 3.43. The second-order valence-electron chi connectivity index (χ2n) is 7.04. The van der Waals surface area contributed by atoms with E-state index in [1.165, 1.54) is 0 Å². The van der Waals surface area contributed by atoms with Gasteiger partial charge in [-0.1, -0.05) is 12.1 Å². The molecule has 0 saturated carbocycles. The first kappa shape index (κ1) is 18.9. The smallest absolute Gasteiger partial charge is 0.269 e. The molecule has 0 aliphatic carbocycles. The summed E-state index contributed by atoms with van der Waals surface area (Å²) in [6, 6.07) is 15.1. The number of nitrogens with zero attached hydrogens (tertiary/aromatic N) is 3. The summed E-state index contributed by atoms with van der Waals surface area (Å²) in [5.41, 5.74) is 2.16. The zero-order valence-electron chi connectivity index (χ0n) is 16.1. The predicted octanol–water partition coefficient (Wildman–Crippen LogP) is 3.12. The minimum atomic E-state index is -0.218. The first-order valence-corrected chi connectivity index (χ1v) is 9.84. The molecule has 148 valence electrons. The van der Waals surface area contributed by atoms with E-state index < -0.39 is 0 Å². The number of nitrogens with one attached hydrogen (secondary N) is 2. The lowest BCUT2D eigenvalue weighted by Crippen LogP contribution is -2.31. The Kier molecular flexibility index (Phi) is 5.65. The molecule has 2 aromatic heterocycles. The average molecular weight is 389 g/mol. The fraction of sp³-hybridized carbons (Fsp3) is 0.273. The SMILES string of the molecule is O=C(NCCCN1CCCC1=O)c1cccc(Nc2ccc3ncccc3c2)n1. The Morgan fingerprint density at radius 1 is 1.14 bits per heavy atom. The third kappa shape index (κ3) is 4.68. The quantitative estimate of drug-likeness (QED) is 0.606. The summed E-state index contributed by atoms with van der Waals surface area (Å²) < 4.78 is 0. The summed E-state index contributed by atoms with van der Waals surface area (Å²) in [6.07, 6.45) is 4.08. The average Bonchev–Trinajstić information content (AvgIpc) is 3.16. The lowest BCUT2D eigenvalue weighted by molar-refractivity contribution is -0.127. The number of hydrogen-bond acceptors (Lipinski definition) is 5. The van der Waals surface area contributed by atoms with Crippen LogP contribution in [0.25, 0.3) is 10.9 Å². The second-order valence-corrected chi connectivity index (χ2v) is 7.04. The molecule has 1 fully saturated rings. The lowest BCUT2D eigenvalue weighted by atomic mass is 10.2. The number of hydrogen-bond donors (Lipinski definition) is 2. The Balaban J connectivity index is 1.33. The summed E-state index contributed by atoms with van der Waals surface area (Å²) in [6.45, 7) is 2.03. The van der Waals surface area contributed by atoms with Crippen LogP contribution in [-0.4, -0.2) is 46.3 Å². The van der Waals surface area contributed by atoms with Gasteiger partial charge >= 0.3 is 0 Å². The molecule has 0 bridgehead atoms. The van der Waals surface area contributed by atoms with Crippen LogP contribution in [0.2, 0.25) is 0 Å². The van der Waals surface area contributed by atoms with Gasteiger partial charge in [0.25, 0.3) is 5.91 Å². The minimum absolute atomic E-state index is 0.209. The topological polar surface area (TPSA) is 87.2 Å². The Labute approximate surface area is 169 Å². The van der Waals surface area contributed by atoms with E-state index in [0.717, 1.165) is 36.0 Å². The van der Waals surface area contributed by atoms with Crippen molar-refractivity contribution < 1.29 is 9.59 Å². The normalized spacial score (nSPS) is 13.7. The molecule has 2 N–H and O–H groups in total. The predicted molar refractivity (Wildman–Crippen MR) is 112 cm³/mol. The number of fused-ring (bicyclic) bond motifs is 1. The summed E-state index contributed by atoms with van der Waals surface area (Å²) in [5.74, 6) is 0.592. The van der Waals surface area contributed by atoms with E-state index in [1.807, 2.05) is 41.3 Å². The molecule has 3 aromatic rings. The van der Waals surface area contributed by atoms with Gasteiger partial charge in [0.1, 0.15) is 11.5 Å². The molecule has 1 saturated heterocycles. The fourth-order valence-corrected chi connectivity index (χ4v) is 3.43. The van der Waals surface area contributed by atoms with Crippen molar-refractivity contribution in [1.29, 1.82) is 0 Å². The zero-order chi connectivity index (χ0) is 20.1. The zero-order valence-corrected chi connectivity index (χ0v) is 16.1. The number of amides is 2. The maximum atomic E-state index is 12.4. The van der Waals surface area contributed by atoms with Crippen LogP contribution in [0.15, 0.2) is 54.7 Å². The van der Waals surface area contributed by atoms with Crippen LogP contribution in [0.5, 0.6) is 0 Å². The number of rotatable bonds is 7. The molecule has 0 spiro atoms.